The van der Waals surface area contributed by atoms with Gasteiger partial charge in [0, 0.05) is 24.3 Å². The van der Waals surface area contributed by atoms with Crippen molar-refractivity contribution in [1.29, 1.82) is 0 Å². The lowest BCUT2D eigenvalue weighted by Gasteiger charge is -1.99. The average molecular weight is 230 g/mol. The number of hydrogen-bond acceptors (Lipinski definition) is 2. The van der Waals surface area contributed by atoms with Crippen LogP contribution in [0.25, 0.3) is 10.9 Å². The van der Waals surface area contributed by atoms with E-state index in [9.17, 15) is 4.48 Å². The summed E-state index contributed by atoms with van der Waals surface area (Å²) in [5.41, 5.74) is 1.60. The second kappa shape index (κ2) is 4.01. The van der Waals surface area contributed by atoms with E-state index >= 15 is 0 Å². The Kier molecular flexibility index (Phi) is 2.36. The minimum atomic E-state index is 0.612. The van der Waals surface area contributed by atoms with Crippen LogP contribution < -0.4 is 0 Å². The van der Waals surface area contributed by atoms with Crippen molar-refractivity contribution in [1.82, 2.24) is 19.8 Å². The predicted octanol–water partition coefficient (Wildman–Crippen LogP) is 2.21. The molecule has 0 amide bonds. The maximum Gasteiger partial charge on any atom is 0.0815 e. The first-order valence-electron chi connectivity index (χ1n) is 5.44. The second-order valence-electron chi connectivity index (χ2n) is 3.90. The van der Waals surface area contributed by atoms with Crippen LogP contribution >= 0.6 is 0 Å². The highest BCUT2D eigenvalue weighted by molar-refractivity contribution is 5.83. The molecule has 0 spiro atoms. The lowest BCUT2D eigenvalue weighted by molar-refractivity contribution is 0.386. The third-order valence-corrected chi connectivity index (χ3v) is 2.83. The number of aryl methyl sites for hydroxylation is 2. The molecule has 3 rings (SSSR count). The molecule has 0 aliphatic rings. The summed E-state index contributed by atoms with van der Waals surface area (Å²) in [5.74, 6) is 0. The van der Waals surface area contributed by atoms with Crippen molar-refractivity contribution in [2.45, 2.75) is 13.0 Å². The zero-order valence-electron chi connectivity index (χ0n) is 9.12. The molecular weight excluding hydrogens is 219 g/mol. The summed E-state index contributed by atoms with van der Waals surface area (Å²) in [6.45, 7) is 0.702. The van der Waals surface area contributed by atoms with Crippen molar-refractivity contribution in [2.75, 3.05) is 0 Å². The Morgan fingerprint density at radius 3 is 2.94 bits per heavy atom. The Balaban J connectivity index is 1.90. The normalized spacial score (nSPS) is 11.1. The van der Waals surface area contributed by atoms with Crippen molar-refractivity contribution in [3.05, 3.63) is 48.4 Å². The second-order valence-corrected chi connectivity index (χ2v) is 3.90. The van der Waals surface area contributed by atoms with Crippen LogP contribution in [0, 0.1) is 0 Å². The van der Waals surface area contributed by atoms with Gasteiger partial charge in [-0.2, -0.15) is 4.79 Å². The smallest absolute Gasteiger partial charge is 0.0815 e. The van der Waals surface area contributed by atoms with Crippen LogP contribution in [-0.2, 0) is 13.0 Å². The van der Waals surface area contributed by atoms with Gasteiger partial charge in [-0.15, -0.1) is 5.10 Å². The highest BCUT2D eigenvalue weighted by Crippen LogP contribution is 2.21. The molecule has 0 saturated heterocycles. The standard InChI is InChI=1S/C12H11FN4/c13-17-9-10(5-7-16-8-6-14-15-16)11-3-1-2-4-12(11)17/h1-4,6,8-9H,5,7H2. The third-order valence-electron chi connectivity index (χ3n) is 2.83. The van der Waals surface area contributed by atoms with Crippen molar-refractivity contribution in [3.8, 4) is 0 Å². The Morgan fingerprint density at radius 1 is 1.24 bits per heavy atom. The summed E-state index contributed by atoms with van der Waals surface area (Å²) < 4.78 is 15.3. The molecule has 0 aliphatic heterocycles. The van der Waals surface area contributed by atoms with E-state index in [0.29, 0.717) is 16.9 Å². The summed E-state index contributed by atoms with van der Waals surface area (Å²) >= 11 is 0. The van der Waals surface area contributed by atoms with Crippen molar-refractivity contribution in [3.63, 3.8) is 0 Å². The SMILES string of the molecule is Fn1cc(CCn2ccnn2)c2ccccc21. The first kappa shape index (κ1) is 10.0. The topological polar surface area (TPSA) is 35.6 Å². The van der Waals surface area contributed by atoms with Gasteiger partial charge in [-0.25, -0.2) is 0 Å². The fraction of sp³-hybridized carbons (Fsp3) is 0.167. The van der Waals surface area contributed by atoms with Gasteiger partial charge in [-0.05, 0) is 18.1 Å². The molecule has 0 radical (unpaired) electrons. The lowest BCUT2D eigenvalue weighted by atomic mass is 10.1. The molecule has 86 valence electrons. The molecule has 4 nitrogen and oxygen atoms in total. The van der Waals surface area contributed by atoms with Gasteiger partial charge in [-0.3, -0.25) is 4.68 Å². The van der Waals surface area contributed by atoms with Crippen LogP contribution in [0.4, 0.5) is 4.48 Å². The number of rotatable bonds is 3. The van der Waals surface area contributed by atoms with Crippen LogP contribution in [0.3, 0.4) is 0 Å². The van der Waals surface area contributed by atoms with Crippen molar-refractivity contribution < 1.29 is 4.48 Å². The summed E-state index contributed by atoms with van der Waals surface area (Å²) in [6.07, 6.45) is 5.70. The van der Waals surface area contributed by atoms with Gasteiger partial charge in [0.2, 0.25) is 0 Å². The van der Waals surface area contributed by atoms with E-state index in [1.54, 1.807) is 23.1 Å². The monoisotopic (exact) mass is 230 g/mol. The lowest BCUT2D eigenvalue weighted by Crippen LogP contribution is -2.01. The molecule has 2 heterocycles. The minimum Gasteiger partial charge on any atom is -0.252 e. The third kappa shape index (κ3) is 1.80. The first-order chi connectivity index (χ1) is 8.34. The molecule has 0 atom stereocenters. The summed E-state index contributed by atoms with van der Waals surface area (Å²) in [7, 11) is 0. The molecule has 0 fully saturated rings. The summed E-state index contributed by atoms with van der Waals surface area (Å²) in [5, 5.41) is 8.57. The number of fused-ring (bicyclic) bond motifs is 1. The van der Waals surface area contributed by atoms with Crippen LogP contribution in [0.1, 0.15) is 5.56 Å². The number of benzene rings is 1. The Labute approximate surface area is 97.2 Å². The van der Waals surface area contributed by atoms with Gasteiger partial charge in [0.25, 0.3) is 0 Å². The van der Waals surface area contributed by atoms with Crippen LogP contribution in [0.15, 0.2) is 42.9 Å². The van der Waals surface area contributed by atoms with E-state index in [-0.39, 0.29) is 0 Å². The molecule has 17 heavy (non-hydrogen) atoms. The molecule has 0 aliphatic carbocycles. The van der Waals surface area contributed by atoms with Gasteiger partial charge in [-0.1, -0.05) is 27.9 Å². The zero-order chi connectivity index (χ0) is 11.7. The van der Waals surface area contributed by atoms with E-state index in [1.807, 2.05) is 18.2 Å². The molecule has 0 saturated carbocycles. The largest absolute Gasteiger partial charge is 0.252 e. The predicted molar refractivity (Wildman–Crippen MR) is 62.2 cm³/mol. The number of para-hydroxylation sites is 1. The van der Waals surface area contributed by atoms with Gasteiger partial charge in [0.1, 0.15) is 0 Å². The fourth-order valence-electron chi connectivity index (χ4n) is 1.99. The number of hydrogen-bond donors (Lipinski definition) is 0. The molecule has 3 aromatic rings. The summed E-state index contributed by atoms with van der Waals surface area (Å²) in [4.78, 5) is 0.673. The van der Waals surface area contributed by atoms with Crippen LogP contribution in [0.5, 0.6) is 0 Å². The van der Waals surface area contributed by atoms with Crippen LogP contribution in [0.2, 0.25) is 0 Å². The molecule has 1 aromatic carbocycles. The van der Waals surface area contributed by atoms with Crippen molar-refractivity contribution >= 4 is 10.9 Å². The van der Waals surface area contributed by atoms with E-state index in [0.717, 1.165) is 17.4 Å². The average Bonchev–Trinajstić information content (AvgIpc) is 2.96. The quantitative estimate of drug-likeness (QED) is 0.691. The summed E-state index contributed by atoms with van der Waals surface area (Å²) in [6, 6.07) is 7.46. The Morgan fingerprint density at radius 2 is 2.12 bits per heavy atom. The maximum atomic E-state index is 13.6. The van der Waals surface area contributed by atoms with E-state index in [4.69, 9.17) is 0 Å². The van der Waals surface area contributed by atoms with Gasteiger partial charge >= 0.3 is 0 Å². The highest BCUT2D eigenvalue weighted by Gasteiger charge is 2.07. The number of nitrogens with zero attached hydrogens (tertiary/aromatic N) is 4. The molecule has 2 aromatic heterocycles. The fourth-order valence-corrected chi connectivity index (χ4v) is 1.99. The van der Waals surface area contributed by atoms with Gasteiger partial charge < -0.3 is 0 Å². The van der Waals surface area contributed by atoms with Crippen molar-refractivity contribution in [2.24, 2.45) is 0 Å². The molecule has 0 N–H and O–H groups in total. The Bertz CT molecular complexity index is 627. The number of aromatic nitrogens is 4. The highest BCUT2D eigenvalue weighted by atomic mass is 19.2. The van der Waals surface area contributed by atoms with E-state index in [1.165, 1.54) is 6.20 Å². The maximum absolute atomic E-state index is 13.6. The van der Waals surface area contributed by atoms with Gasteiger partial charge in [0.15, 0.2) is 0 Å². The molecular formula is C12H11FN4. The van der Waals surface area contributed by atoms with E-state index in [2.05, 4.69) is 10.3 Å². The molecule has 0 bridgehead atoms. The zero-order valence-corrected chi connectivity index (χ0v) is 9.12. The Hall–Kier alpha value is -2.17. The van der Waals surface area contributed by atoms with Gasteiger partial charge in [0.05, 0.1) is 11.7 Å². The molecule has 5 heteroatoms. The first-order valence-corrected chi connectivity index (χ1v) is 5.44. The molecule has 0 unspecified atom stereocenters. The van der Waals surface area contributed by atoms with E-state index < -0.39 is 0 Å². The van der Waals surface area contributed by atoms with Crippen LogP contribution in [-0.4, -0.2) is 19.8 Å². The number of halogens is 1. The minimum absolute atomic E-state index is 0.612.